The van der Waals surface area contributed by atoms with Crippen LogP contribution in [-0.4, -0.2) is 48.9 Å². The predicted molar refractivity (Wildman–Crippen MR) is 115 cm³/mol. The number of Topliss-reactive ketones (excluding diaryl/α,β-unsaturated/α-hetero) is 1. The molecule has 33 heavy (non-hydrogen) atoms. The number of hydrogen-bond acceptors (Lipinski definition) is 11. The number of ether oxygens (including phenoxy) is 2. The Morgan fingerprint density at radius 1 is 1.09 bits per heavy atom. The molecular formula is C20H19N5O8. The second kappa shape index (κ2) is 9.80. The standard InChI is InChI=1S/C20H19N5O8/c1-32-19-11-16-13(18(26)5-7-23(16)8-6-20(27)33-2)10-15(19)22-21-14-4-3-12(24(28)29)9-17(14)25(30)31/h3-4,9-11H,5-8H2,1-2H3. The zero-order valence-electron chi connectivity index (χ0n) is 17.7. The first-order valence-corrected chi connectivity index (χ1v) is 9.66. The number of ketones is 1. The summed E-state index contributed by atoms with van der Waals surface area (Å²) >= 11 is 0. The maximum atomic E-state index is 12.5. The first-order valence-electron chi connectivity index (χ1n) is 9.66. The average molecular weight is 457 g/mol. The highest BCUT2D eigenvalue weighted by molar-refractivity contribution is 6.04. The molecule has 1 aliphatic heterocycles. The molecule has 13 nitrogen and oxygen atoms in total. The minimum atomic E-state index is -0.797. The van der Waals surface area contributed by atoms with Crippen LogP contribution in [0.25, 0.3) is 0 Å². The molecule has 0 spiro atoms. The molecule has 2 aromatic carbocycles. The third-order valence-corrected chi connectivity index (χ3v) is 4.99. The predicted octanol–water partition coefficient (Wildman–Crippen LogP) is 3.88. The van der Waals surface area contributed by atoms with E-state index in [0.717, 1.165) is 18.2 Å². The number of carbonyl (C=O) groups is 2. The minimum absolute atomic E-state index is 0.137. The Labute approximate surface area is 186 Å². The van der Waals surface area contributed by atoms with Gasteiger partial charge in [0.2, 0.25) is 0 Å². The van der Waals surface area contributed by atoms with Crippen molar-refractivity contribution in [2.24, 2.45) is 10.2 Å². The Bertz CT molecular complexity index is 1160. The number of non-ortho nitro benzene ring substituents is 1. The fourth-order valence-corrected chi connectivity index (χ4v) is 3.30. The molecule has 13 heteroatoms. The Morgan fingerprint density at radius 2 is 1.82 bits per heavy atom. The number of carbonyl (C=O) groups excluding carboxylic acids is 2. The fourth-order valence-electron chi connectivity index (χ4n) is 3.30. The van der Waals surface area contributed by atoms with Gasteiger partial charge in [0.05, 0.1) is 42.2 Å². The van der Waals surface area contributed by atoms with Gasteiger partial charge in [0.1, 0.15) is 11.4 Å². The normalized spacial score (nSPS) is 13.0. The molecular weight excluding hydrogens is 438 g/mol. The molecule has 3 rings (SSSR count). The van der Waals surface area contributed by atoms with Gasteiger partial charge < -0.3 is 14.4 Å². The van der Waals surface area contributed by atoms with Crippen molar-refractivity contribution in [3.8, 4) is 5.75 Å². The lowest BCUT2D eigenvalue weighted by molar-refractivity contribution is -0.393. The molecule has 0 fully saturated rings. The molecule has 0 bridgehead atoms. The van der Waals surface area contributed by atoms with E-state index in [9.17, 15) is 29.8 Å². The van der Waals surface area contributed by atoms with Crippen LogP contribution in [0, 0.1) is 20.2 Å². The maximum Gasteiger partial charge on any atom is 0.307 e. The van der Waals surface area contributed by atoms with E-state index >= 15 is 0 Å². The van der Waals surface area contributed by atoms with Gasteiger partial charge in [-0.15, -0.1) is 10.2 Å². The van der Waals surface area contributed by atoms with Gasteiger partial charge in [0, 0.05) is 37.2 Å². The number of fused-ring (bicyclic) bond motifs is 1. The van der Waals surface area contributed by atoms with E-state index in [1.807, 2.05) is 4.90 Å². The van der Waals surface area contributed by atoms with Crippen LogP contribution in [0.4, 0.5) is 28.4 Å². The molecule has 0 N–H and O–H groups in total. The Kier molecular flexibility index (Phi) is 6.91. The van der Waals surface area contributed by atoms with Crippen LogP contribution in [0.1, 0.15) is 23.2 Å². The van der Waals surface area contributed by atoms with Gasteiger partial charge in [-0.05, 0) is 12.1 Å². The van der Waals surface area contributed by atoms with Crippen molar-refractivity contribution in [1.82, 2.24) is 0 Å². The topological polar surface area (TPSA) is 167 Å². The number of nitro benzene ring substituents is 2. The highest BCUT2D eigenvalue weighted by Gasteiger charge is 2.26. The third-order valence-electron chi connectivity index (χ3n) is 4.99. The molecule has 0 aliphatic carbocycles. The Hall–Kier alpha value is -4.42. The van der Waals surface area contributed by atoms with E-state index in [0.29, 0.717) is 24.3 Å². The van der Waals surface area contributed by atoms with Gasteiger partial charge in [-0.3, -0.25) is 29.8 Å². The molecule has 172 valence electrons. The van der Waals surface area contributed by atoms with Gasteiger partial charge in [-0.25, -0.2) is 0 Å². The number of methoxy groups -OCH3 is 2. The molecule has 0 unspecified atom stereocenters. The summed E-state index contributed by atoms with van der Waals surface area (Å²) in [6, 6.07) is 6.03. The molecule has 0 atom stereocenters. The average Bonchev–Trinajstić information content (AvgIpc) is 2.81. The van der Waals surface area contributed by atoms with E-state index < -0.39 is 21.2 Å². The number of nitrogens with zero attached hydrogens (tertiary/aromatic N) is 5. The summed E-state index contributed by atoms with van der Waals surface area (Å²) in [4.78, 5) is 46.5. The number of hydrogen-bond donors (Lipinski definition) is 0. The van der Waals surface area contributed by atoms with Crippen LogP contribution in [0.15, 0.2) is 40.6 Å². The van der Waals surface area contributed by atoms with Gasteiger partial charge in [-0.2, -0.15) is 0 Å². The summed E-state index contributed by atoms with van der Waals surface area (Å²) in [6.45, 7) is 0.758. The number of nitro groups is 2. The summed E-state index contributed by atoms with van der Waals surface area (Å²) in [5, 5.41) is 30.1. The number of azo groups is 1. The summed E-state index contributed by atoms with van der Waals surface area (Å²) < 4.78 is 10.0. The van der Waals surface area contributed by atoms with Crippen molar-refractivity contribution in [3.63, 3.8) is 0 Å². The zero-order chi connectivity index (χ0) is 24.1. The van der Waals surface area contributed by atoms with Crippen molar-refractivity contribution < 1.29 is 28.9 Å². The van der Waals surface area contributed by atoms with Crippen LogP contribution in [0.2, 0.25) is 0 Å². The number of benzene rings is 2. The van der Waals surface area contributed by atoms with Crippen molar-refractivity contribution in [3.05, 3.63) is 56.1 Å². The SMILES string of the molecule is COC(=O)CCN1CCC(=O)c2cc(N=Nc3ccc([N+](=O)[O-])cc3[N+](=O)[O-])c(OC)cc21. The van der Waals surface area contributed by atoms with Crippen LogP contribution in [0.5, 0.6) is 5.75 Å². The molecule has 0 saturated carbocycles. The van der Waals surface area contributed by atoms with Crippen LogP contribution in [-0.2, 0) is 9.53 Å². The number of rotatable bonds is 8. The van der Waals surface area contributed by atoms with Gasteiger partial charge in [-0.1, -0.05) is 0 Å². The zero-order valence-corrected chi connectivity index (χ0v) is 17.7. The number of anilines is 1. The first-order chi connectivity index (χ1) is 15.7. The highest BCUT2D eigenvalue weighted by atomic mass is 16.6. The summed E-state index contributed by atoms with van der Waals surface area (Å²) in [5.41, 5.74) is -0.186. The first kappa shape index (κ1) is 23.2. The molecule has 0 radical (unpaired) electrons. The van der Waals surface area contributed by atoms with Crippen LogP contribution < -0.4 is 9.64 Å². The van der Waals surface area contributed by atoms with E-state index in [1.54, 1.807) is 6.07 Å². The molecule has 1 heterocycles. The van der Waals surface area contributed by atoms with Crippen LogP contribution in [0.3, 0.4) is 0 Å². The van der Waals surface area contributed by atoms with Gasteiger partial charge >= 0.3 is 11.7 Å². The van der Waals surface area contributed by atoms with E-state index in [1.165, 1.54) is 20.3 Å². The second-order valence-corrected chi connectivity index (χ2v) is 6.91. The summed E-state index contributed by atoms with van der Waals surface area (Å²) in [5.74, 6) is -0.268. The highest BCUT2D eigenvalue weighted by Crippen LogP contribution is 2.40. The van der Waals surface area contributed by atoms with E-state index in [2.05, 4.69) is 15.0 Å². The van der Waals surface area contributed by atoms with Crippen molar-refractivity contribution >= 4 is 40.2 Å². The summed E-state index contributed by atoms with van der Waals surface area (Å²) in [7, 11) is 2.68. The lowest BCUT2D eigenvalue weighted by Gasteiger charge is -2.30. The fraction of sp³-hybridized carbons (Fsp3) is 0.300. The van der Waals surface area contributed by atoms with Gasteiger partial charge in [0.15, 0.2) is 11.5 Å². The Morgan fingerprint density at radius 3 is 2.45 bits per heavy atom. The smallest absolute Gasteiger partial charge is 0.307 e. The largest absolute Gasteiger partial charge is 0.494 e. The van der Waals surface area contributed by atoms with Crippen LogP contribution >= 0.6 is 0 Å². The lowest BCUT2D eigenvalue weighted by atomic mass is 9.99. The molecule has 0 saturated heterocycles. The monoisotopic (exact) mass is 457 g/mol. The molecule has 1 aliphatic rings. The quantitative estimate of drug-likeness (QED) is 0.247. The Balaban J connectivity index is 1.98. The second-order valence-electron chi connectivity index (χ2n) is 6.91. The molecule has 2 aromatic rings. The molecule has 0 aromatic heterocycles. The van der Waals surface area contributed by atoms with Gasteiger partial charge in [0.25, 0.3) is 5.69 Å². The van der Waals surface area contributed by atoms with E-state index in [4.69, 9.17) is 4.74 Å². The van der Waals surface area contributed by atoms with Crippen molar-refractivity contribution in [2.75, 3.05) is 32.2 Å². The maximum absolute atomic E-state index is 12.5. The summed E-state index contributed by atoms with van der Waals surface area (Å²) in [6.07, 6.45) is 0.364. The van der Waals surface area contributed by atoms with E-state index in [-0.39, 0.29) is 41.7 Å². The number of esters is 1. The minimum Gasteiger partial charge on any atom is -0.494 e. The van der Waals surface area contributed by atoms with Crippen molar-refractivity contribution in [1.29, 1.82) is 0 Å². The van der Waals surface area contributed by atoms with Crippen molar-refractivity contribution in [2.45, 2.75) is 12.8 Å². The third kappa shape index (κ3) is 5.08. The lowest BCUT2D eigenvalue weighted by Crippen LogP contribution is -2.34. The molecule has 0 amide bonds.